The Morgan fingerprint density at radius 3 is 1.60 bits per heavy atom. The SMILES string of the molecule is CCCCC/C=C/P/C=C/CCCCC. The van der Waals surface area contributed by atoms with Gasteiger partial charge in [-0.25, -0.2) is 0 Å². The summed E-state index contributed by atoms with van der Waals surface area (Å²) in [6.07, 6.45) is 15.3. The van der Waals surface area contributed by atoms with E-state index in [-0.39, 0.29) is 0 Å². The quantitative estimate of drug-likeness (QED) is 0.323. The molecule has 0 radical (unpaired) electrons. The Bertz CT molecular complexity index is 141. The van der Waals surface area contributed by atoms with E-state index >= 15 is 0 Å². The van der Waals surface area contributed by atoms with Crippen molar-refractivity contribution in [2.24, 2.45) is 0 Å². The van der Waals surface area contributed by atoms with Crippen molar-refractivity contribution in [3.8, 4) is 0 Å². The van der Waals surface area contributed by atoms with E-state index < -0.39 is 0 Å². The number of hydrogen-bond donors (Lipinski definition) is 0. The molecule has 0 aliphatic rings. The van der Waals surface area contributed by atoms with Crippen LogP contribution in [0.15, 0.2) is 23.8 Å². The summed E-state index contributed by atoms with van der Waals surface area (Å²) < 4.78 is 0. The van der Waals surface area contributed by atoms with Crippen molar-refractivity contribution in [1.82, 2.24) is 0 Å². The van der Waals surface area contributed by atoms with Crippen LogP contribution in [-0.4, -0.2) is 0 Å². The van der Waals surface area contributed by atoms with Crippen molar-refractivity contribution in [3.63, 3.8) is 0 Å². The Balaban J connectivity index is 3.14. The molecule has 0 N–H and O–H groups in total. The van der Waals surface area contributed by atoms with Crippen molar-refractivity contribution in [2.75, 3.05) is 0 Å². The van der Waals surface area contributed by atoms with Gasteiger partial charge < -0.3 is 0 Å². The zero-order chi connectivity index (χ0) is 11.2. The van der Waals surface area contributed by atoms with Gasteiger partial charge in [-0.05, 0) is 25.7 Å². The van der Waals surface area contributed by atoms with Gasteiger partial charge in [-0.3, -0.25) is 0 Å². The molecule has 0 spiro atoms. The minimum Gasteiger partial charge on any atom is -0.0840 e. The fourth-order valence-corrected chi connectivity index (χ4v) is 2.10. The average Bonchev–Trinajstić information content (AvgIpc) is 2.26. The third-order valence-corrected chi connectivity index (χ3v) is 3.23. The van der Waals surface area contributed by atoms with Crippen molar-refractivity contribution in [1.29, 1.82) is 0 Å². The van der Waals surface area contributed by atoms with Crippen LogP contribution in [0.2, 0.25) is 0 Å². The van der Waals surface area contributed by atoms with Gasteiger partial charge in [0.1, 0.15) is 0 Å². The fraction of sp³-hybridized carbons (Fsp3) is 0.714. The normalized spacial score (nSPS) is 11.9. The van der Waals surface area contributed by atoms with E-state index in [0.717, 1.165) is 8.58 Å². The van der Waals surface area contributed by atoms with E-state index in [0.29, 0.717) is 0 Å². The van der Waals surface area contributed by atoms with Gasteiger partial charge in [-0.1, -0.05) is 71.9 Å². The maximum atomic E-state index is 2.34. The Morgan fingerprint density at radius 2 is 1.20 bits per heavy atom. The smallest absolute Gasteiger partial charge is 0.0347 e. The van der Waals surface area contributed by atoms with Crippen LogP contribution in [0.4, 0.5) is 0 Å². The largest absolute Gasteiger partial charge is 0.0840 e. The summed E-state index contributed by atoms with van der Waals surface area (Å²) in [6, 6.07) is 0. The third kappa shape index (κ3) is 13.9. The van der Waals surface area contributed by atoms with E-state index in [9.17, 15) is 0 Å². The molecule has 0 heterocycles. The molecular formula is C14H27P. The maximum absolute atomic E-state index is 2.34. The fourth-order valence-electron chi connectivity index (χ4n) is 1.38. The lowest BCUT2D eigenvalue weighted by Gasteiger charge is -1.92. The summed E-state index contributed by atoms with van der Waals surface area (Å²) >= 11 is 0. The molecule has 15 heavy (non-hydrogen) atoms. The van der Waals surface area contributed by atoms with Crippen molar-refractivity contribution >= 4 is 8.58 Å². The number of unbranched alkanes of at least 4 members (excludes halogenated alkanes) is 6. The van der Waals surface area contributed by atoms with Crippen molar-refractivity contribution in [2.45, 2.75) is 65.2 Å². The second-order valence-corrected chi connectivity index (χ2v) is 4.96. The number of allylic oxidation sites excluding steroid dienone is 2. The van der Waals surface area contributed by atoms with Crippen LogP contribution < -0.4 is 0 Å². The first-order chi connectivity index (χ1) is 7.41. The second kappa shape index (κ2) is 13.9. The number of hydrogen-bond acceptors (Lipinski definition) is 0. The van der Waals surface area contributed by atoms with Gasteiger partial charge in [0.15, 0.2) is 0 Å². The molecule has 0 nitrogen and oxygen atoms in total. The predicted molar refractivity (Wildman–Crippen MR) is 74.9 cm³/mol. The zero-order valence-corrected chi connectivity index (χ0v) is 11.5. The highest BCUT2D eigenvalue weighted by Gasteiger charge is 1.82. The monoisotopic (exact) mass is 226 g/mol. The molecule has 0 aromatic carbocycles. The Hall–Kier alpha value is -0.0900. The highest BCUT2D eigenvalue weighted by molar-refractivity contribution is 7.45. The molecule has 0 rings (SSSR count). The van der Waals surface area contributed by atoms with Gasteiger partial charge in [0.2, 0.25) is 0 Å². The third-order valence-electron chi connectivity index (χ3n) is 2.38. The molecule has 0 bridgehead atoms. The molecule has 0 aromatic rings. The lowest BCUT2D eigenvalue weighted by Crippen LogP contribution is -1.69. The molecule has 88 valence electrons. The number of rotatable bonds is 10. The second-order valence-electron chi connectivity index (χ2n) is 3.96. The molecule has 0 unspecified atom stereocenters. The van der Waals surface area contributed by atoms with E-state index in [1.807, 2.05) is 0 Å². The highest BCUT2D eigenvalue weighted by atomic mass is 31.1. The lowest BCUT2D eigenvalue weighted by atomic mass is 10.2. The van der Waals surface area contributed by atoms with Crippen LogP contribution in [0.1, 0.15) is 65.2 Å². The van der Waals surface area contributed by atoms with Crippen LogP contribution in [0.5, 0.6) is 0 Å². The van der Waals surface area contributed by atoms with Gasteiger partial charge in [0.25, 0.3) is 0 Å². The molecule has 0 aromatic heterocycles. The molecule has 0 fully saturated rings. The van der Waals surface area contributed by atoms with Crippen LogP contribution in [0.25, 0.3) is 0 Å². The Morgan fingerprint density at radius 1 is 0.733 bits per heavy atom. The molecular weight excluding hydrogens is 199 g/mol. The minimum absolute atomic E-state index is 0.895. The summed E-state index contributed by atoms with van der Waals surface area (Å²) in [5, 5.41) is 0. The molecule has 1 heteroatoms. The molecule has 0 aliphatic carbocycles. The van der Waals surface area contributed by atoms with Crippen LogP contribution in [0, 0.1) is 0 Å². The predicted octanol–water partition coefficient (Wildman–Crippen LogP) is 5.85. The summed E-state index contributed by atoms with van der Waals surface area (Å²) in [6.45, 7) is 4.51. The standard InChI is InChI=1S/C14H27P/c1-3-5-7-9-11-13-15-14-12-10-8-6-4-2/h11-15H,3-10H2,1-2H3/b13-11+,14-12+. The highest BCUT2D eigenvalue weighted by Crippen LogP contribution is 2.15. The molecule has 0 atom stereocenters. The first-order valence-corrected chi connectivity index (χ1v) is 7.63. The Labute approximate surface area is 98.0 Å². The van der Waals surface area contributed by atoms with E-state index in [2.05, 4.69) is 37.6 Å². The van der Waals surface area contributed by atoms with Crippen LogP contribution in [0.3, 0.4) is 0 Å². The summed E-state index contributed by atoms with van der Waals surface area (Å²) in [5.41, 5.74) is 0. The van der Waals surface area contributed by atoms with Gasteiger partial charge in [0.05, 0.1) is 0 Å². The Kier molecular flexibility index (Phi) is 13.8. The van der Waals surface area contributed by atoms with E-state index in [1.165, 1.54) is 51.4 Å². The van der Waals surface area contributed by atoms with Gasteiger partial charge in [-0.15, -0.1) is 0 Å². The van der Waals surface area contributed by atoms with Crippen molar-refractivity contribution in [3.05, 3.63) is 23.8 Å². The van der Waals surface area contributed by atoms with Gasteiger partial charge >= 0.3 is 0 Å². The van der Waals surface area contributed by atoms with E-state index in [1.54, 1.807) is 0 Å². The minimum atomic E-state index is 0.895. The maximum Gasteiger partial charge on any atom is -0.0347 e. The molecule has 0 amide bonds. The van der Waals surface area contributed by atoms with Gasteiger partial charge in [-0.2, -0.15) is 0 Å². The van der Waals surface area contributed by atoms with Crippen molar-refractivity contribution < 1.29 is 0 Å². The average molecular weight is 226 g/mol. The first-order valence-electron chi connectivity index (χ1n) is 6.47. The molecule has 0 saturated heterocycles. The van der Waals surface area contributed by atoms with Gasteiger partial charge in [0, 0.05) is 0 Å². The molecule has 0 saturated carbocycles. The van der Waals surface area contributed by atoms with E-state index in [4.69, 9.17) is 0 Å². The molecule has 0 aliphatic heterocycles. The summed E-state index contributed by atoms with van der Waals surface area (Å²) in [7, 11) is 0.895. The lowest BCUT2D eigenvalue weighted by molar-refractivity contribution is 0.729. The summed E-state index contributed by atoms with van der Waals surface area (Å²) in [5.74, 6) is 4.65. The zero-order valence-electron chi connectivity index (χ0n) is 10.5. The van der Waals surface area contributed by atoms with Crippen LogP contribution in [-0.2, 0) is 0 Å². The first kappa shape index (κ1) is 14.9. The topological polar surface area (TPSA) is 0 Å². The summed E-state index contributed by atoms with van der Waals surface area (Å²) in [4.78, 5) is 0. The van der Waals surface area contributed by atoms with Crippen LogP contribution >= 0.6 is 8.58 Å².